The lowest BCUT2D eigenvalue weighted by molar-refractivity contribution is -0.119. The molecule has 1 amide bonds. The third kappa shape index (κ3) is 3.83. The maximum Gasteiger partial charge on any atom is 0.242 e. The van der Waals surface area contributed by atoms with E-state index in [4.69, 9.17) is 23.2 Å². The fraction of sp³-hybridized carbons (Fsp3) is 0.292. The molecule has 6 nitrogen and oxygen atoms in total. The van der Waals surface area contributed by atoms with Crippen molar-refractivity contribution < 1.29 is 14.7 Å². The largest absolute Gasteiger partial charge is 0.506 e. The van der Waals surface area contributed by atoms with Gasteiger partial charge in [-0.25, -0.2) is 0 Å². The van der Waals surface area contributed by atoms with Gasteiger partial charge in [-0.3, -0.25) is 14.5 Å². The zero-order chi connectivity index (χ0) is 23.2. The van der Waals surface area contributed by atoms with Crippen molar-refractivity contribution in [3.05, 3.63) is 63.3 Å². The summed E-state index contributed by atoms with van der Waals surface area (Å²) in [5.74, 6) is -0.701. The molecule has 164 valence electrons. The molecule has 1 aliphatic carbocycles. The third-order valence-corrected chi connectivity index (χ3v) is 6.33. The van der Waals surface area contributed by atoms with E-state index in [-0.39, 0.29) is 23.4 Å². The number of hydrogen-bond acceptors (Lipinski definition) is 5. The highest BCUT2D eigenvalue weighted by Crippen LogP contribution is 2.51. The smallest absolute Gasteiger partial charge is 0.242 e. The minimum atomic E-state index is -0.880. The second-order valence-corrected chi connectivity index (χ2v) is 9.64. The van der Waals surface area contributed by atoms with Crippen molar-refractivity contribution >= 4 is 46.3 Å². The van der Waals surface area contributed by atoms with Crippen LogP contribution in [0.25, 0.3) is 0 Å². The number of benzene rings is 2. The molecule has 1 unspecified atom stereocenters. The lowest BCUT2D eigenvalue weighted by Gasteiger charge is -2.37. The summed E-state index contributed by atoms with van der Waals surface area (Å²) in [6, 6.07) is 10.7. The summed E-state index contributed by atoms with van der Waals surface area (Å²) in [6.07, 6.45) is 0.417. The van der Waals surface area contributed by atoms with E-state index in [0.717, 1.165) is 0 Å². The number of hydrogen-bond donors (Lipinski definition) is 2. The van der Waals surface area contributed by atoms with Crippen molar-refractivity contribution in [2.45, 2.75) is 39.2 Å². The molecule has 0 fully saturated rings. The molecule has 1 heterocycles. The van der Waals surface area contributed by atoms with E-state index in [1.165, 1.54) is 11.0 Å². The van der Waals surface area contributed by atoms with Crippen LogP contribution in [-0.4, -0.2) is 16.8 Å². The Bertz CT molecular complexity index is 1210. The number of halogens is 2. The van der Waals surface area contributed by atoms with Gasteiger partial charge in [0.25, 0.3) is 0 Å². The van der Waals surface area contributed by atoms with Crippen LogP contribution in [0.4, 0.5) is 11.4 Å². The number of nitrogens with zero attached hydrogens (tertiary/aromatic N) is 2. The van der Waals surface area contributed by atoms with Gasteiger partial charge in [-0.2, -0.15) is 5.26 Å². The first-order valence-electron chi connectivity index (χ1n) is 10.1. The maximum atomic E-state index is 13.5. The number of carbonyl (C=O) groups is 2. The van der Waals surface area contributed by atoms with E-state index in [1.807, 2.05) is 19.9 Å². The van der Waals surface area contributed by atoms with Gasteiger partial charge >= 0.3 is 0 Å². The van der Waals surface area contributed by atoms with Crippen molar-refractivity contribution in [2.24, 2.45) is 5.41 Å². The molecule has 2 aromatic rings. The SMILES string of the molecule is CC1(C)CC(=O)C2=C(C1)Nc1c(O)cccc1N(C(=O)CC#N)C2c1ccc(Cl)cc1Cl. The molecule has 4 rings (SSSR count). The van der Waals surface area contributed by atoms with Gasteiger partial charge < -0.3 is 10.4 Å². The Labute approximate surface area is 196 Å². The number of nitriles is 1. The molecular weight excluding hydrogens is 449 g/mol. The van der Waals surface area contributed by atoms with Crippen LogP contribution in [0.1, 0.15) is 44.7 Å². The van der Waals surface area contributed by atoms with Gasteiger partial charge in [0.2, 0.25) is 5.91 Å². The van der Waals surface area contributed by atoms with Crippen LogP contribution in [-0.2, 0) is 9.59 Å². The molecule has 0 radical (unpaired) electrons. The number of aromatic hydroxyl groups is 1. The molecule has 0 spiro atoms. The van der Waals surface area contributed by atoms with E-state index in [2.05, 4.69) is 5.32 Å². The standard InChI is InChI=1S/C24H21Cl2N3O3/c1-24(2)11-16-21(19(31)12-24)23(14-7-6-13(25)10-15(14)26)29(20(32)8-9-27)17-4-3-5-18(30)22(17)28-16/h3-7,10,23,28,30H,8,11-12H2,1-2H3. The first-order valence-corrected chi connectivity index (χ1v) is 10.9. The normalized spacial score (nSPS) is 19.4. The molecule has 2 aliphatic rings. The van der Waals surface area contributed by atoms with Gasteiger partial charge in [0, 0.05) is 27.7 Å². The van der Waals surface area contributed by atoms with Gasteiger partial charge in [0.15, 0.2) is 5.78 Å². The number of rotatable bonds is 2. The number of nitrogens with one attached hydrogen (secondary N) is 1. The van der Waals surface area contributed by atoms with Crippen LogP contribution in [0.5, 0.6) is 5.75 Å². The lowest BCUT2D eigenvalue weighted by atomic mass is 9.73. The number of para-hydroxylation sites is 1. The summed E-state index contributed by atoms with van der Waals surface area (Å²) in [6.45, 7) is 3.99. The molecule has 0 bridgehead atoms. The first-order chi connectivity index (χ1) is 15.1. The van der Waals surface area contributed by atoms with Crippen LogP contribution in [0.2, 0.25) is 10.0 Å². The highest BCUT2D eigenvalue weighted by Gasteiger charge is 2.44. The number of Topliss-reactive ketones (excluding diaryl/α,β-unsaturated/α-hetero) is 1. The molecule has 0 saturated heterocycles. The Balaban J connectivity index is 2.07. The highest BCUT2D eigenvalue weighted by atomic mass is 35.5. The second-order valence-electron chi connectivity index (χ2n) is 8.80. The summed E-state index contributed by atoms with van der Waals surface area (Å²) < 4.78 is 0. The van der Waals surface area contributed by atoms with Crippen LogP contribution < -0.4 is 10.2 Å². The fourth-order valence-electron chi connectivity index (χ4n) is 4.49. The summed E-state index contributed by atoms with van der Waals surface area (Å²) in [7, 11) is 0. The highest BCUT2D eigenvalue weighted by molar-refractivity contribution is 6.35. The van der Waals surface area contributed by atoms with E-state index in [1.54, 1.807) is 30.3 Å². The number of ketones is 1. The molecule has 0 saturated carbocycles. The van der Waals surface area contributed by atoms with E-state index >= 15 is 0 Å². The molecule has 2 N–H and O–H groups in total. The molecule has 2 aromatic carbocycles. The monoisotopic (exact) mass is 469 g/mol. The van der Waals surface area contributed by atoms with Crippen molar-refractivity contribution in [1.29, 1.82) is 5.26 Å². The number of carbonyl (C=O) groups excluding carboxylic acids is 2. The molecule has 1 atom stereocenters. The van der Waals surface area contributed by atoms with Crippen molar-refractivity contribution in [1.82, 2.24) is 0 Å². The molecule has 1 aliphatic heterocycles. The Morgan fingerprint density at radius 3 is 2.72 bits per heavy atom. The number of phenolic OH excluding ortho intramolecular Hbond substituents is 1. The first kappa shape index (κ1) is 22.2. The van der Waals surface area contributed by atoms with Gasteiger partial charge in [-0.1, -0.05) is 49.2 Å². The van der Waals surface area contributed by atoms with Crippen LogP contribution in [0.15, 0.2) is 47.7 Å². The Hall–Kier alpha value is -3.01. The fourth-order valence-corrected chi connectivity index (χ4v) is 5.00. The number of phenols is 1. The predicted molar refractivity (Wildman–Crippen MR) is 124 cm³/mol. The summed E-state index contributed by atoms with van der Waals surface area (Å²) in [5, 5.41) is 23.8. The van der Waals surface area contributed by atoms with Gasteiger partial charge in [-0.15, -0.1) is 0 Å². The lowest BCUT2D eigenvalue weighted by Crippen LogP contribution is -2.39. The quantitative estimate of drug-likeness (QED) is 0.545. The summed E-state index contributed by atoms with van der Waals surface area (Å²) >= 11 is 12.7. The average molecular weight is 470 g/mol. The minimum Gasteiger partial charge on any atom is -0.506 e. The Kier molecular flexibility index (Phi) is 5.66. The van der Waals surface area contributed by atoms with Crippen LogP contribution in [0, 0.1) is 16.7 Å². The van der Waals surface area contributed by atoms with Crippen molar-refractivity contribution in [3.63, 3.8) is 0 Å². The number of amides is 1. The molecule has 0 aromatic heterocycles. The van der Waals surface area contributed by atoms with Crippen LogP contribution >= 0.6 is 23.2 Å². The van der Waals surface area contributed by atoms with Crippen molar-refractivity contribution in [3.8, 4) is 11.8 Å². The predicted octanol–water partition coefficient (Wildman–Crippen LogP) is 5.76. The third-order valence-electron chi connectivity index (χ3n) is 5.76. The number of allylic oxidation sites excluding steroid dienone is 1. The average Bonchev–Trinajstić information content (AvgIpc) is 2.82. The molecule has 8 heteroatoms. The van der Waals surface area contributed by atoms with Gasteiger partial charge in [0.05, 0.1) is 17.8 Å². The van der Waals surface area contributed by atoms with Gasteiger partial charge in [-0.05, 0) is 41.7 Å². The Morgan fingerprint density at radius 2 is 2.03 bits per heavy atom. The number of fused-ring (bicyclic) bond motifs is 1. The van der Waals surface area contributed by atoms with Crippen LogP contribution in [0.3, 0.4) is 0 Å². The van der Waals surface area contributed by atoms with E-state index in [9.17, 15) is 20.0 Å². The van der Waals surface area contributed by atoms with E-state index in [0.29, 0.717) is 44.7 Å². The molecule has 32 heavy (non-hydrogen) atoms. The zero-order valence-corrected chi connectivity index (χ0v) is 19.1. The van der Waals surface area contributed by atoms with E-state index < -0.39 is 18.4 Å². The number of anilines is 2. The maximum absolute atomic E-state index is 13.5. The van der Waals surface area contributed by atoms with Gasteiger partial charge in [0.1, 0.15) is 17.9 Å². The minimum absolute atomic E-state index is 0.0669. The zero-order valence-electron chi connectivity index (χ0n) is 17.6. The topological polar surface area (TPSA) is 93.4 Å². The second kappa shape index (κ2) is 8.16. The summed E-state index contributed by atoms with van der Waals surface area (Å²) in [5.41, 5.74) is 1.90. The Morgan fingerprint density at radius 1 is 1.28 bits per heavy atom. The summed E-state index contributed by atoms with van der Waals surface area (Å²) in [4.78, 5) is 28.2. The molecular formula is C24H21Cl2N3O3. The van der Waals surface area contributed by atoms with Crippen molar-refractivity contribution in [2.75, 3.05) is 10.2 Å².